The molecule has 3 aromatic heterocycles. The number of nitrogens with zero attached hydrogens (tertiary/aromatic N) is 1. The molecule has 120 valence electrons. The summed E-state index contributed by atoms with van der Waals surface area (Å²) in [4.78, 5) is 2.56. The van der Waals surface area contributed by atoms with Crippen LogP contribution < -0.4 is 4.57 Å². The number of rotatable bonds is 0. The molecule has 6 rings (SSSR count). The fraction of sp³-hybridized carbons (Fsp3) is 0.0952. The fourth-order valence-corrected chi connectivity index (χ4v) is 5.22. The first-order valence-corrected chi connectivity index (χ1v) is 9.07. The lowest BCUT2D eigenvalue weighted by atomic mass is 9.98. The summed E-state index contributed by atoms with van der Waals surface area (Å²) in [6, 6.07) is 12.8. The van der Waals surface area contributed by atoms with Gasteiger partial charge in [-0.1, -0.05) is 23.9 Å². The maximum Gasteiger partial charge on any atom is 0.222 e. The topological polar surface area (TPSA) is 30.2 Å². The minimum atomic E-state index is 0.807. The summed E-state index contributed by atoms with van der Waals surface area (Å²) in [5, 5.41) is 3.46. The van der Waals surface area contributed by atoms with E-state index >= 15 is 0 Å². The summed E-state index contributed by atoms with van der Waals surface area (Å²) in [5.41, 5.74) is 6.43. The molecular weight excluding hydrogens is 330 g/mol. The van der Waals surface area contributed by atoms with Crippen molar-refractivity contribution in [3.05, 3.63) is 54.4 Å². The summed E-state index contributed by atoms with van der Waals surface area (Å²) in [5.74, 6) is 0. The zero-order valence-electron chi connectivity index (χ0n) is 13.8. The fourth-order valence-electron chi connectivity index (χ4n) is 3.99. The summed E-state index contributed by atoms with van der Waals surface area (Å²) in [7, 11) is 2.11. The molecule has 0 radical (unpaired) electrons. The van der Waals surface area contributed by atoms with Gasteiger partial charge in [0, 0.05) is 27.3 Å². The highest BCUT2D eigenvalue weighted by molar-refractivity contribution is 7.99. The van der Waals surface area contributed by atoms with Gasteiger partial charge in [-0.2, -0.15) is 0 Å². The molecule has 1 aliphatic rings. The number of aromatic nitrogens is 1. The second-order valence-electron chi connectivity index (χ2n) is 6.58. The van der Waals surface area contributed by atoms with E-state index < -0.39 is 0 Å². The van der Waals surface area contributed by atoms with E-state index in [1.54, 1.807) is 6.26 Å². The molecule has 0 unspecified atom stereocenters. The van der Waals surface area contributed by atoms with E-state index in [9.17, 15) is 0 Å². The Morgan fingerprint density at radius 3 is 2.84 bits per heavy atom. The Morgan fingerprint density at radius 2 is 1.92 bits per heavy atom. The van der Waals surface area contributed by atoms with Gasteiger partial charge in [-0.05, 0) is 24.6 Å². The Labute approximate surface area is 147 Å². The van der Waals surface area contributed by atoms with Crippen molar-refractivity contribution in [3.8, 4) is 11.3 Å². The number of furan rings is 2. The molecule has 1 aliphatic heterocycles. The van der Waals surface area contributed by atoms with Crippen LogP contribution in [0.2, 0.25) is 0 Å². The molecule has 4 heteroatoms. The molecule has 0 bridgehead atoms. The van der Waals surface area contributed by atoms with Gasteiger partial charge in [-0.25, -0.2) is 4.57 Å². The van der Waals surface area contributed by atoms with Crippen LogP contribution >= 0.6 is 11.8 Å². The molecule has 0 spiro atoms. The average molecular weight is 344 g/mol. The summed E-state index contributed by atoms with van der Waals surface area (Å²) < 4.78 is 14.0. The third-order valence-corrected chi connectivity index (χ3v) is 6.21. The van der Waals surface area contributed by atoms with Gasteiger partial charge in [-0.15, -0.1) is 0 Å². The SMILES string of the molecule is Cc1cccc2c1-c1c3c(cc4c5occc5oc4c3cc[n+]1C)S2. The molecule has 0 saturated carbocycles. The molecule has 0 N–H and O–H groups in total. The van der Waals surface area contributed by atoms with Gasteiger partial charge in [0.2, 0.25) is 5.69 Å². The molecule has 0 atom stereocenters. The lowest BCUT2D eigenvalue weighted by Crippen LogP contribution is -2.31. The van der Waals surface area contributed by atoms with E-state index in [2.05, 4.69) is 55.1 Å². The van der Waals surface area contributed by atoms with Crippen molar-refractivity contribution in [1.29, 1.82) is 0 Å². The van der Waals surface area contributed by atoms with Crippen LogP contribution in [0.15, 0.2) is 67.5 Å². The van der Waals surface area contributed by atoms with Gasteiger partial charge < -0.3 is 8.83 Å². The van der Waals surface area contributed by atoms with Crippen molar-refractivity contribution < 1.29 is 13.4 Å². The Balaban J connectivity index is 1.89. The van der Waals surface area contributed by atoms with Crippen LogP contribution in [0, 0.1) is 6.92 Å². The maximum atomic E-state index is 6.13. The number of pyridine rings is 1. The highest BCUT2D eigenvalue weighted by Crippen LogP contribution is 2.50. The molecule has 0 amide bonds. The van der Waals surface area contributed by atoms with Crippen LogP contribution in [-0.2, 0) is 7.05 Å². The molecule has 0 aliphatic carbocycles. The Bertz CT molecular complexity index is 1340. The second kappa shape index (κ2) is 4.46. The Hall–Kier alpha value is -2.72. The van der Waals surface area contributed by atoms with Crippen LogP contribution in [0.3, 0.4) is 0 Å². The molecular formula is C21H14NO2S+. The van der Waals surface area contributed by atoms with Gasteiger partial charge in [0.25, 0.3) is 0 Å². The summed E-state index contributed by atoms with van der Waals surface area (Å²) in [6.45, 7) is 2.18. The average Bonchev–Trinajstić information content (AvgIpc) is 3.18. The van der Waals surface area contributed by atoms with Crippen LogP contribution in [0.25, 0.3) is 44.2 Å². The van der Waals surface area contributed by atoms with Crippen LogP contribution in [-0.4, -0.2) is 0 Å². The van der Waals surface area contributed by atoms with E-state index in [0.29, 0.717) is 0 Å². The lowest BCUT2D eigenvalue weighted by Gasteiger charge is -2.19. The quantitative estimate of drug-likeness (QED) is 0.336. The number of hydrogen-bond donors (Lipinski definition) is 0. The molecule has 5 aromatic rings. The summed E-state index contributed by atoms with van der Waals surface area (Å²) >= 11 is 1.83. The van der Waals surface area contributed by atoms with Gasteiger partial charge in [0.05, 0.1) is 22.6 Å². The Kier molecular flexibility index (Phi) is 2.42. The number of aryl methyl sites for hydroxylation is 2. The van der Waals surface area contributed by atoms with Crippen LogP contribution in [0.5, 0.6) is 0 Å². The predicted octanol–water partition coefficient (Wildman–Crippen LogP) is 5.60. The molecule has 2 aromatic carbocycles. The minimum absolute atomic E-state index is 0.807. The lowest BCUT2D eigenvalue weighted by molar-refractivity contribution is -0.659. The molecule has 0 saturated heterocycles. The maximum absolute atomic E-state index is 6.13. The van der Waals surface area contributed by atoms with Crippen molar-refractivity contribution in [2.24, 2.45) is 7.05 Å². The first-order valence-electron chi connectivity index (χ1n) is 8.25. The monoisotopic (exact) mass is 344 g/mol. The first-order chi connectivity index (χ1) is 12.2. The van der Waals surface area contributed by atoms with Crippen molar-refractivity contribution in [1.82, 2.24) is 0 Å². The largest absolute Gasteiger partial charge is 0.460 e. The van der Waals surface area contributed by atoms with E-state index in [0.717, 1.165) is 27.5 Å². The number of benzene rings is 2. The minimum Gasteiger partial charge on any atom is -0.460 e. The molecule has 3 nitrogen and oxygen atoms in total. The highest BCUT2D eigenvalue weighted by atomic mass is 32.2. The normalized spacial score (nSPS) is 13.0. The van der Waals surface area contributed by atoms with E-state index in [1.807, 2.05) is 17.8 Å². The van der Waals surface area contributed by atoms with Crippen LogP contribution in [0.4, 0.5) is 0 Å². The zero-order chi connectivity index (χ0) is 16.7. The third-order valence-electron chi connectivity index (χ3n) is 5.11. The predicted molar refractivity (Wildman–Crippen MR) is 99.0 cm³/mol. The molecule has 4 heterocycles. The smallest absolute Gasteiger partial charge is 0.222 e. The highest BCUT2D eigenvalue weighted by Gasteiger charge is 2.30. The van der Waals surface area contributed by atoms with Crippen LogP contribution in [0.1, 0.15) is 5.56 Å². The standard InChI is InChI=1S/C21H14NO2S/c1-11-4-3-5-15-17(11)19-18-12(6-8-22(19)2)20-13(10-16(18)25-15)21-14(24-20)7-9-23-21/h3-10H,1-2H3/q+1. The summed E-state index contributed by atoms with van der Waals surface area (Å²) in [6.07, 6.45) is 3.81. The first kappa shape index (κ1) is 13.6. The van der Waals surface area contributed by atoms with Crippen molar-refractivity contribution in [2.45, 2.75) is 16.7 Å². The van der Waals surface area contributed by atoms with E-state index in [4.69, 9.17) is 8.83 Å². The second-order valence-corrected chi connectivity index (χ2v) is 7.67. The third kappa shape index (κ3) is 1.60. The van der Waals surface area contributed by atoms with E-state index in [-0.39, 0.29) is 0 Å². The Morgan fingerprint density at radius 1 is 1.00 bits per heavy atom. The molecule has 25 heavy (non-hydrogen) atoms. The number of hydrogen-bond acceptors (Lipinski definition) is 3. The van der Waals surface area contributed by atoms with Crippen molar-refractivity contribution in [2.75, 3.05) is 0 Å². The zero-order valence-corrected chi connectivity index (χ0v) is 14.6. The van der Waals surface area contributed by atoms with Gasteiger partial charge in [0.15, 0.2) is 17.4 Å². The van der Waals surface area contributed by atoms with E-state index in [1.165, 1.54) is 32.0 Å². The molecule has 0 fully saturated rings. The van der Waals surface area contributed by atoms with Gasteiger partial charge in [0.1, 0.15) is 12.6 Å². The van der Waals surface area contributed by atoms with Crippen molar-refractivity contribution in [3.63, 3.8) is 0 Å². The van der Waals surface area contributed by atoms with Gasteiger partial charge in [-0.3, -0.25) is 0 Å². The van der Waals surface area contributed by atoms with Gasteiger partial charge >= 0.3 is 0 Å². The van der Waals surface area contributed by atoms with Crippen molar-refractivity contribution >= 4 is 44.7 Å². The number of fused-ring (bicyclic) bond motifs is 6.